The first-order valence-electron chi connectivity index (χ1n) is 10.6. The summed E-state index contributed by atoms with van der Waals surface area (Å²) < 4.78 is 39.3. The molecule has 0 spiro atoms. The van der Waals surface area contributed by atoms with E-state index in [1.807, 2.05) is 54.6 Å². The number of carbonyl (C=O) groups excluding carboxylic acids is 1. The summed E-state index contributed by atoms with van der Waals surface area (Å²) >= 11 is 0. The van der Waals surface area contributed by atoms with E-state index >= 15 is 0 Å². The molecule has 0 saturated carbocycles. The van der Waals surface area contributed by atoms with Crippen LogP contribution in [0.2, 0.25) is 0 Å². The highest BCUT2D eigenvalue weighted by atomic mass is 32.2. The van der Waals surface area contributed by atoms with Gasteiger partial charge in [0.1, 0.15) is 11.5 Å². The number of hydrogen-bond donors (Lipinski definition) is 0. The Labute approximate surface area is 184 Å². The molecule has 3 rings (SSSR count). The number of rotatable bonds is 11. The highest BCUT2D eigenvalue weighted by molar-refractivity contribution is 7.87. The van der Waals surface area contributed by atoms with Crippen LogP contribution >= 0.6 is 0 Å². The zero-order valence-electron chi connectivity index (χ0n) is 17.9. The molecule has 0 aliphatic carbocycles. The van der Waals surface area contributed by atoms with Crippen molar-refractivity contribution in [2.75, 3.05) is 26.7 Å². The Kier molecular flexibility index (Phi) is 8.45. The number of benzene rings is 2. The molecule has 2 aromatic rings. The summed E-state index contributed by atoms with van der Waals surface area (Å²) in [7, 11) is -2.07. The fourth-order valence-electron chi connectivity index (χ4n) is 3.55. The van der Waals surface area contributed by atoms with Crippen molar-refractivity contribution in [1.82, 2.24) is 8.61 Å². The lowest BCUT2D eigenvalue weighted by atomic mass is 10.1. The largest absolute Gasteiger partial charge is 0.469 e. The van der Waals surface area contributed by atoms with Gasteiger partial charge in [0, 0.05) is 32.6 Å². The molecule has 31 heavy (non-hydrogen) atoms. The number of methoxy groups -OCH3 is 1. The summed E-state index contributed by atoms with van der Waals surface area (Å²) in [5.74, 6) is 1.23. The summed E-state index contributed by atoms with van der Waals surface area (Å²) in [6.45, 7) is 1.82. The van der Waals surface area contributed by atoms with E-state index in [-0.39, 0.29) is 5.97 Å². The van der Waals surface area contributed by atoms with Gasteiger partial charge in [-0.1, -0.05) is 43.2 Å². The van der Waals surface area contributed by atoms with E-state index < -0.39 is 10.2 Å². The van der Waals surface area contributed by atoms with E-state index in [0.717, 1.165) is 37.0 Å². The number of hydrogen-bond acceptors (Lipinski definition) is 5. The first-order chi connectivity index (χ1) is 15.0. The standard InChI is InChI=1S/C23H30N2O5S/c1-29-23(26)14-7-2-3-8-15-24-16-17-25(31(24,27)28)19-20-10-9-13-22(18-20)30-21-11-5-4-6-12-21/h4-6,9-13,18H,2-3,7-8,14-17,19H2,1H3. The van der Waals surface area contributed by atoms with Crippen molar-refractivity contribution < 1.29 is 22.7 Å². The molecule has 0 radical (unpaired) electrons. The predicted octanol–water partition coefficient (Wildman–Crippen LogP) is 3.96. The molecule has 0 N–H and O–H groups in total. The molecule has 1 heterocycles. The van der Waals surface area contributed by atoms with Gasteiger partial charge in [-0.2, -0.15) is 17.0 Å². The van der Waals surface area contributed by atoms with Gasteiger partial charge in [0.15, 0.2) is 0 Å². The van der Waals surface area contributed by atoms with Crippen LogP contribution in [0.1, 0.15) is 37.7 Å². The van der Waals surface area contributed by atoms with Gasteiger partial charge in [-0.25, -0.2) is 0 Å². The molecule has 2 aromatic carbocycles. The van der Waals surface area contributed by atoms with Crippen molar-refractivity contribution in [3.05, 3.63) is 60.2 Å². The average Bonchev–Trinajstić information content (AvgIpc) is 3.04. The van der Waals surface area contributed by atoms with Gasteiger partial charge in [-0.3, -0.25) is 4.79 Å². The quantitative estimate of drug-likeness (QED) is 0.386. The minimum Gasteiger partial charge on any atom is -0.469 e. The number of unbranched alkanes of at least 4 members (excludes halogenated alkanes) is 3. The van der Waals surface area contributed by atoms with Crippen molar-refractivity contribution in [3.63, 3.8) is 0 Å². The van der Waals surface area contributed by atoms with Gasteiger partial charge >= 0.3 is 5.97 Å². The van der Waals surface area contributed by atoms with Crippen LogP contribution in [0.4, 0.5) is 0 Å². The van der Waals surface area contributed by atoms with E-state index in [2.05, 4.69) is 4.74 Å². The molecule has 8 heteroatoms. The maximum Gasteiger partial charge on any atom is 0.305 e. The average molecular weight is 447 g/mol. The molecule has 1 fully saturated rings. The Balaban J connectivity index is 1.48. The Hall–Kier alpha value is -2.42. The third kappa shape index (κ3) is 6.78. The Morgan fingerprint density at radius 3 is 2.39 bits per heavy atom. The molecule has 7 nitrogen and oxygen atoms in total. The lowest BCUT2D eigenvalue weighted by Gasteiger charge is -2.19. The Morgan fingerprint density at radius 1 is 0.903 bits per heavy atom. The lowest BCUT2D eigenvalue weighted by molar-refractivity contribution is -0.140. The van der Waals surface area contributed by atoms with Gasteiger partial charge in [-0.05, 0) is 42.7 Å². The van der Waals surface area contributed by atoms with Crippen molar-refractivity contribution >= 4 is 16.2 Å². The second kappa shape index (κ2) is 11.3. The van der Waals surface area contributed by atoms with Gasteiger partial charge in [0.2, 0.25) is 0 Å². The number of carbonyl (C=O) groups is 1. The lowest BCUT2D eigenvalue weighted by Crippen LogP contribution is -2.33. The second-order valence-corrected chi connectivity index (χ2v) is 9.47. The van der Waals surface area contributed by atoms with E-state index in [1.165, 1.54) is 11.4 Å². The molecule has 1 aliphatic rings. The van der Waals surface area contributed by atoms with E-state index in [9.17, 15) is 13.2 Å². The molecule has 0 bridgehead atoms. The number of esters is 1. The maximum atomic E-state index is 12.9. The highest BCUT2D eigenvalue weighted by Gasteiger charge is 2.35. The van der Waals surface area contributed by atoms with Crippen molar-refractivity contribution in [2.45, 2.75) is 38.6 Å². The number of ether oxygens (including phenoxy) is 2. The van der Waals surface area contributed by atoms with Gasteiger partial charge < -0.3 is 9.47 Å². The smallest absolute Gasteiger partial charge is 0.305 e. The molecular formula is C23H30N2O5S. The predicted molar refractivity (Wildman–Crippen MR) is 119 cm³/mol. The summed E-state index contributed by atoms with van der Waals surface area (Å²) in [6, 6.07) is 17.0. The molecular weight excluding hydrogens is 416 g/mol. The molecule has 0 aromatic heterocycles. The minimum absolute atomic E-state index is 0.198. The maximum absolute atomic E-state index is 12.9. The third-order valence-corrected chi connectivity index (χ3v) is 7.24. The van der Waals surface area contributed by atoms with Crippen LogP contribution in [0.25, 0.3) is 0 Å². The van der Waals surface area contributed by atoms with Crippen molar-refractivity contribution in [2.24, 2.45) is 0 Å². The highest BCUT2D eigenvalue weighted by Crippen LogP contribution is 2.25. The van der Waals surface area contributed by atoms with Crippen LogP contribution in [0.15, 0.2) is 54.6 Å². The fraction of sp³-hybridized carbons (Fsp3) is 0.435. The van der Waals surface area contributed by atoms with Crippen molar-refractivity contribution in [3.8, 4) is 11.5 Å². The van der Waals surface area contributed by atoms with Gasteiger partial charge in [-0.15, -0.1) is 0 Å². The van der Waals surface area contributed by atoms with Gasteiger partial charge in [0.25, 0.3) is 10.2 Å². The summed E-state index contributed by atoms with van der Waals surface area (Å²) in [6.07, 6.45) is 3.75. The van der Waals surface area contributed by atoms with Crippen LogP contribution < -0.4 is 4.74 Å². The molecule has 168 valence electrons. The van der Waals surface area contributed by atoms with Crippen LogP contribution in [0.3, 0.4) is 0 Å². The van der Waals surface area contributed by atoms with E-state index in [1.54, 1.807) is 4.31 Å². The number of nitrogens with zero attached hydrogens (tertiary/aromatic N) is 2. The minimum atomic E-state index is -3.46. The number of para-hydroxylation sites is 1. The summed E-state index contributed by atoms with van der Waals surface area (Å²) in [5, 5.41) is 0. The van der Waals surface area contributed by atoms with E-state index in [4.69, 9.17) is 4.74 Å². The van der Waals surface area contributed by atoms with E-state index in [0.29, 0.717) is 38.3 Å². The van der Waals surface area contributed by atoms with Crippen LogP contribution in [-0.4, -0.2) is 49.7 Å². The van der Waals surface area contributed by atoms with Crippen molar-refractivity contribution in [1.29, 1.82) is 0 Å². The van der Waals surface area contributed by atoms with Crippen LogP contribution in [0.5, 0.6) is 11.5 Å². The Bertz CT molecular complexity index is 949. The van der Waals surface area contributed by atoms with Gasteiger partial charge in [0.05, 0.1) is 7.11 Å². The zero-order valence-corrected chi connectivity index (χ0v) is 18.7. The first-order valence-corrected chi connectivity index (χ1v) is 12.0. The molecule has 0 unspecified atom stereocenters. The molecule has 1 saturated heterocycles. The molecule has 1 aliphatic heterocycles. The topological polar surface area (TPSA) is 76.2 Å². The Morgan fingerprint density at radius 2 is 1.61 bits per heavy atom. The second-order valence-electron chi connectivity index (χ2n) is 7.54. The zero-order chi connectivity index (χ0) is 22.1. The molecule has 0 atom stereocenters. The monoisotopic (exact) mass is 446 g/mol. The summed E-state index contributed by atoms with van der Waals surface area (Å²) in [5.41, 5.74) is 0.890. The van der Waals surface area contributed by atoms with Crippen LogP contribution in [-0.2, 0) is 26.3 Å². The SMILES string of the molecule is COC(=O)CCCCCCN1CCN(Cc2cccc(Oc3ccccc3)c2)S1(=O)=O. The fourth-order valence-corrected chi connectivity index (χ4v) is 5.18. The third-order valence-electron chi connectivity index (χ3n) is 5.25. The first kappa shape index (κ1) is 23.2. The summed E-state index contributed by atoms with van der Waals surface area (Å²) in [4.78, 5) is 11.1. The molecule has 0 amide bonds. The van der Waals surface area contributed by atoms with Crippen LogP contribution in [0, 0.1) is 0 Å². The normalized spacial score (nSPS) is 16.3.